The zero-order chi connectivity index (χ0) is 21.8. The lowest BCUT2D eigenvalue weighted by Crippen LogP contribution is -2.36. The molecule has 0 spiro atoms. The Balaban J connectivity index is 1.44. The minimum Gasteiger partial charge on any atom is -0.497 e. The van der Waals surface area contributed by atoms with Crippen molar-refractivity contribution in [3.8, 4) is 5.75 Å². The molecule has 0 radical (unpaired) electrons. The summed E-state index contributed by atoms with van der Waals surface area (Å²) in [4.78, 5) is 27.7. The van der Waals surface area contributed by atoms with E-state index in [9.17, 15) is 14.0 Å². The lowest BCUT2D eigenvalue weighted by Gasteiger charge is -2.30. The molecule has 1 heterocycles. The number of rotatable bonds is 7. The lowest BCUT2D eigenvalue weighted by atomic mass is 9.88. The molecule has 1 fully saturated rings. The maximum Gasteiger partial charge on any atom is 0.251 e. The van der Waals surface area contributed by atoms with Crippen molar-refractivity contribution in [1.82, 2.24) is 10.2 Å². The Labute approximate surface area is 181 Å². The average Bonchev–Trinajstić information content (AvgIpc) is 3.05. The first-order chi connectivity index (χ1) is 15.0. The van der Waals surface area contributed by atoms with Gasteiger partial charge in [-0.1, -0.05) is 30.7 Å². The normalized spacial score (nSPS) is 18.2. The van der Waals surface area contributed by atoms with Crippen LogP contribution >= 0.6 is 0 Å². The van der Waals surface area contributed by atoms with Gasteiger partial charge in [-0.25, -0.2) is 4.39 Å². The summed E-state index contributed by atoms with van der Waals surface area (Å²) in [7, 11) is 1.61. The molecule has 1 atom stereocenters. The Bertz CT molecular complexity index is 1000. The van der Waals surface area contributed by atoms with Gasteiger partial charge in [-0.3, -0.25) is 9.59 Å². The molecule has 1 N–H and O–H groups in total. The molecule has 162 valence electrons. The van der Waals surface area contributed by atoms with E-state index < -0.39 is 0 Å². The number of benzene rings is 2. The van der Waals surface area contributed by atoms with Gasteiger partial charge in [0, 0.05) is 18.7 Å². The summed E-state index contributed by atoms with van der Waals surface area (Å²) in [6.07, 6.45) is 3.97. The molecule has 5 nitrogen and oxygen atoms in total. The molecule has 2 aromatic rings. The Morgan fingerprint density at radius 1 is 1.16 bits per heavy atom. The van der Waals surface area contributed by atoms with Crippen LogP contribution in [0.2, 0.25) is 0 Å². The molecule has 1 saturated carbocycles. The predicted molar refractivity (Wildman–Crippen MR) is 116 cm³/mol. The van der Waals surface area contributed by atoms with Crippen LogP contribution in [0, 0.1) is 5.82 Å². The fourth-order valence-electron chi connectivity index (χ4n) is 4.51. The Morgan fingerprint density at radius 2 is 1.97 bits per heavy atom. The molecule has 1 unspecified atom stereocenters. The van der Waals surface area contributed by atoms with Crippen molar-refractivity contribution in [2.45, 2.75) is 51.2 Å². The van der Waals surface area contributed by atoms with E-state index in [1.807, 2.05) is 29.2 Å². The van der Waals surface area contributed by atoms with Crippen molar-refractivity contribution in [3.05, 3.63) is 76.6 Å². The minimum absolute atomic E-state index is 0.0486. The van der Waals surface area contributed by atoms with Crippen LogP contribution in [0.5, 0.6) is 5.75 Å². The van der Waals surface area contributed by atoms with Gasteiger partial charge in [-0.2, -0.15) is 0 Å². The summed E-state index contributed by atoms with van der Waals surface area (Å²) < 4.78 is 18.5. The minimum atomic E-state index is -0.290. The van der Waals surface area contributed by atoms with Crippen LogP contribution in [0.3, 0.4) is 0 Å². The number of amides is 2. The molecular weight excluding hydrogens is 395 g/mol. The number of halogens is 1. The van der Waals surface area contributed by atoms with Gasteiger partial charge in [0.2, 0.25) is 5.91 Å². The van der Waals surface area contributed by atoms with Crippen LogP contribution < -0.4 is 10.1 Å². The van der Waals surface area contributed by atoms with Gasteiger partial charge in [0.1, 0.15) is 11.6 Å². The zero-order valence-corrected chi connectivity index (χ0v) is 17.7. The van der Waals surface area contributed by atoms with E-state index in [0.717, 1.165) is 48.1 Å². The monoisotopic (exact) mass is 422 g/mol. The van der Waals surface area contributed by atoms with Gasteiger partial charge >= 0.3 is 0 Å². The third-order valence-corrected chi connectivity index (χ3v) is 6.09. The number of ether oxygens (including phenoxy) is 1. The largest absolute Gasteiger partial charge is 0.497 e. The highest BCUT2D eigenvalue weighted by atomic mass is 19.1. The van der Waals surface area contributed by atoms with Crippen molar-refractivity contribution in [1.29, 1.82) is 0 Å². The van der Waals surface area contributed by atoms with E-state index in [1.165, 1.54) is 12.1 Å². The maximum atomic E-state index is 13.2. The number of carbonyl (C=O) groups is 2. The maximum absolute atomic E-state index is 13.2. The van der Waals surface area contributed by atoms with Gasteiger partial charge in [0.15, 0.2) is 0 Å². The van der Waals surface area contributed by atoms with Crippen molar-refractivity contribution in [2.75, 3.05) is 7.11 Å². The van der Waals surface area contributed by atoms with Crippen molar-refractivity contribution < 1.29 is 18.7 Å². The van der Waals surface area contributed by atoms with E-state index in [1.54, 1.807) is 19.2 Å². The summed E-state index contributed by atoms with van der Waals surface area (Å²) in [5, 5.41) is 2.92. The first-order valence-electron chi connectivity index (χ1n) is 10.7. The van der Waals surface area contributed by atoms with Gasteiger partial charge < -0.3 is 15.0 Å². The first kappa shape index (κ1) is 21.1. The molecule has 0 saturated heterocycles. The van der Waals surface area contributed by atoms with E-state index >= 15 is 0 Å². The standard InChI is InChI=1S/C25H27FN2O3/c1-31-20-6-4-5-18(13-20)15-27-24(29)14-22-21-7-2-3-8-23(21)28(25(22)30)16-17-9-11-19(26)12-10-17/h4-6,9-13,23H,2-3,7-8,14-16H2,1H3,(H,27,29). The topological polar surface area (TPSA) is 58.6 Å². The van der Waals surface area contributed by atoms with Gasteiger partial charge in [-0.05, 0) is 60.2 Å². The second-order valence-electron chi connectivity index (χ2n) is 8.13. The molecule has 1 aliphatic heterocycles. The third kappa shape index (κ3) is 4.79. The fraction of sp³-hybridized carbons (Fsp3) is 0.360. The fourth-order valence-corrected chi connectivity index (χ4v) is 4.51. The molecule has 0 aromatic heterocycles. The summed E-state index contributed by atoms with van der Waals surface area (Å²) >= 11 is 0. The molecule has 31 heavy (non-hydrogen) atoms. The van der Waals surface area contributed by atoms with E-state index in [2.05, 4.69) is 5.32 Å². The highest BCUT2D eigenvalue weighted by molar-refractivity contribution is 6.02. The summed E-state index contributed by atoms with van der Waals surface area (Å²) in [5.74, 6) is 0.222. The van der Waals surface area contributed by atoms with Gasteiger partial charge in [0.05, 0.1) is 19.6 Å². The Hall–Kier alpha value is -3.15. The number of nitrogens with one attached hydrogen (secondary N) is 1. The highest BCUT2D eigenvalue weighted by Crippen LogP contribution is 2.38. The van der Waals surface area contributed by atoms with Crippen molar-refractivity contribution >= 4 is 11.8 Å². The average molecular weight is 423 g/mol. The number of hydrogen-bond acceptors (Lipinski definition) is 3. The van der Waals surface area contributed by atoms with Gasteiger partial charge in [0.25, 0.3) is 5.91 Å². The number of methoxy groups -OCH3 is 1. The van der Waals surface area contributed by atoms with Crippen molar-refractivity contribution in [2.24, 2.45) is 0 Å². The van der Waals surface area contributed by atoms with Crippen LogP contribution in [0.15, 0.2) is 59.7 Å². The smallest absolute Gasteiger partial charge is 0.251 e. The highest BCUT2D eigenvalue weighted by Gasteiger charge is 2.40. The quantitative estimate of drug-likeness (QED) is 0.730. The molecule has 4 rings (SSSR count). The van der Waals surface area contributed by atoms with Crippen LogP contribution in [0.25, 0.3) is 0 Å². The summed E-state index contributed by atoms with van der Waals surface area (Å²) in [5.41, 5.74) is 3.57. The van der Waals surface area contributed by atoms with Crippen LogP contribution in [0.1, 0.15) is 43.2 Å². The second-order valence-corrected chi connectivity index (χ2v) is 8.13. The molecule has 2 aliphatic rings. The number of nitrogens with zero attached hydrogens (tertiary/aromatic N) is 1. The SMILES string of the molecule is COc1cccc(CNC(=O)CC2=C3CCCCC3N(Cc3ccc(F)cc3)C2=O)c1. The van der Waals surface area contributed by atoms with Crippen LogP contribution in [0.4, 0.5) is 4.39 Å². The Kier molecular flexibility index (Phi) is 6.35. The number of fused-ring (bicyclic) bond motifs is 1. The lowest BCUT2D eigenvalue weighted by molar-refractivity contribution is -0.129. The predicted octanol–water partition coefficient (Wildman–Crippen LogP) is 4.12. The zero-order valence-electron chi connectivity index (χ0n) is 17.7. The van der Waals surface area contributed by atoms with Crippen LogP contribution in [-0.4, -0.2) is 29.9 Å². The first-order valence-corrected chi connectivity index (χ1v) is 10.7. The summed E-state index contributed by atoms with van der Waals surface area (Å²) in [6.45, 7) is 0.817. The molecule has 6 heteroatoms. The number of carbonyl (C=O) groups excluding carboxylic acids is 2. The molecule has 2 amide bonds. The van der Waals surface area contributed by atoms with Crippen molar-refractivity contribution in [3.63, 3.8) is 0 Å². The molecule has 1 aliphatic carbocycles. The van der Waals surface area contributed by atoms with Gasteiger partial charge in [-0.15, -0.1) is 0 Å². The third-order valence-electron chi connectivity index (χ3n) is 6.09. The molecule has 2 aromatic carbocycles. The second kappa shape index (κ2) is 9.33. The molecule has 0 bridgehead atoms. The molecular formula is C25H27FN2O3. The van der Waals surface area contributed by atoms with E-state index in [-0.39, 0.29) is 30.1 Å². The summed E-state index contributed by atoms with van der Waals surface area (Å²) in [6, 6.07) is 13.8. The van der Waals surface area contributed by atoms with E-state index in [4.69, 9.17) is 4.74 Å². The van der Waals surface area contributed by atoms with Crippen LogP contribution in [-0.2, 0) is 22.7 Å². The van der Waals surface area contributed by atoms with E-state index in [0.29, 0.717) is 18.7 Å². The number of hydrogen-bond donors (Lipinski definition) is 1. The Morgan fingerprint density at radius 3 is 2.74 bits per heavy atom.